The molecule has 0 aromatic heterocycles. The van der Waals surface area contributed by atoms with E-state index in [9.17, 15) is 24.1 Å². The molecule has 0 aliphatic carbocycles. The number of carbonyl (C=O) groups excluding carboxylic acids is 2. The van der Waals surface area contributed by atoms with E-state index in [1.54, 1.807) is 31.2 Å². The first-order valence-corrected chi connectivity index (χ1v) is 9.68. The molecule has 0 aliphatic rings. The monoisotopic (exact) mass is 450 g/mol. The van der Waals surface area contributed by atoms with E-state index in [-0.39, 0.29) is 17.9 Å². The average Bonchev–Trinajstić information content (AvgIpc) is 2.80. The number of benzene rings is 3. The van der Waals surface area contributed by atoms with Crippen molar-refractivity contribution in [3.8, 4) is 5.75 Å². The third kappa shape index (κ3) is 6.69. The van der Waals surface area contributed by atoms with Crippen LogP contribution in [0.4, 0.5) is 15.8 Å². The van der Waals surface area contributed by atoms with Gasteiger partial charge in [0.2, 0.25) is 0 Å². The van der Waals surface area contributed by atoms with Gasteiger partial charge < -0.3 is 10.1 Å². The fourth-order valence-corrected chi connectivity index (χ4v) is 2.71. The van der Waals surface area contributed by atoms with Gasteiger partial charge in [0, 0.05) is 22.9 Å². The Hall–Kier alpha value is -4.60. The van der Waals surface area contributed by atoms with Crippen LogP contribution < -0.4 is 15.5 Å². The summed E-state index contributed by atoms with van der Waals surface area (Å²) >= 11 is 0. The minimum atomic E-state index is -0.582. The maximum Gasteiger partial charge on any atom is 0.273 e. The maximum atomic E-state index is 12.9. The molecule has 0 atom stereocenters. The van der Waals surface area contributed by atoms with Gasteiger partial charge in [0.1, 0.15) is 11.6 Å². The van der Waals surface area contributed by atoms with Crippen LogP contribution >= 0.6 is 0 Å². The van der Waals surface area contributed by atoms with Crippen LogP contribution in [0.15, 0.2) is 71.8 Å². The van der Waals surface area contributed by atoms with Crippen molar-refractivity contribution >= 4 is 29.4 Å². The van der Waals surface area contributed by atoms with Crippen molar-refractivity contribution in [2.75, 3.05) is 11.9 Å². The highest BCUT2D eigenvalue weighted by molar-refractivity contribution is 5.95. The number of halogens is 1. The summed E-state index contributed by atoms with van der Waals surface area (Å²) in [6, 6.07) is 16.1. The molecule has 0 saturated heterocycles. The number of ether oxygens (including phenoxy) is 1. The number of nitrogens with zero attached hydrogens (tertiary/aromatic N) is 2. The summed E-state index contributed by atoms with van der Waals surface area (Å²) in [6.45, 7) is 1.35. The van der Waals surface area contributed by atoms with Crippen molar-refractivity contribution in [3.63, 3.8) is 0 Å². The fraction of sp³-hybridized carbons (Fsp3) is 0.0870. The third-order valence-corrected chi connectivity index (χ3v) is 4.43. The van der Waals surface area contributed by atoms with E-state index >= 15 is 0 Å². The number of anilines is 1. The van der Waals surface area contributed by atoms with Crippen LogP contribution in [-0.4, -0.2) is 29.6 Å². The minimum Gasteiger partial charge on any atom is -0.484 e. The Balaban J connectivity index is 1.49. The Labute approximate surface area is 188 Å². The van der Waals surface area contributed by atoms with Crippen molar-refractivity contribution in [2.45, 2.75) is 6.92 Å². The lowest BCUT2D eigenvalue weighted by atomic mass is 10.1. The number of amides is 2. The Kier molecular flexibility index (Phi) is 7.43. The fourth-order valence-electron chi connectivity index (χ4n) is 2.71. The molecule has 0 aliphatic heterocycles. The standard InChI is InChI=1S/C23H19FN4O5/c1-15-2-5-17(12-21(15)28(31)32)23(30)27-25-13-16-3-10-20(11-4-16)33-14-22(29)26-19-8-6-18(24)7-9-19/h2-13H,14H2,1H3,(H,26,29)(H,27,30)/b25-13-. The highest BCUT2D eigenvalue weighted by Crippen LogP contribution is 2.19. The number of nitro benzene ring substituents is 1. The van der Waals surface area contributed by atoms with Crippen LogP contribution in [0.3, 0.4) is 0 Å². The van der Waals surface area contributed by atoms with Gasteiger partial charge in [0.15, 0.2) is 6.61 Å². The number of hydrogen-bond acceptors (Lipinski definition) is 6. The van der Waals surface area contributed by atoms with Crippen LogP contribution in [0.5, 0.6) is 5.75 Å². The van der Waals surface area contributed by atoms with Crippen LogP contribution in [0.1, 0.15) is 21.5 Å². The summed E-state index contributed by atoms with van der Waals surface area (Å²) in [6.07, 6.45) is 1.39. The molecule has 33 heavy (non-hydrogen) atoms. The largest absolute Gasteiger partial charge is 0.484 e. The van der Waals surface area contributed by atoms with Gasteiger partial charge in [-0.15, -0.1) is 0 Å². The van der Waals surface area contributed by atoms with Crippen LogP contribution in [0, 0.1) is 22.9 Å². The second-order valence-corrected chi connectivity index (χ2v) is 6.87. The molecular weight excluding hydrogens is 431 g/mol. The second-order valence-electron chi connectivity index (χ2n) is 6.87. The van der Waals surface area contributed by atoms with E-state index in [0.29, 0.717) is 22.6 Å². The van der Waals surface area contributed by atoms with E-state index in [4.69, 9.17) is 4.74 Å². The number of carbonyl (C=O) groups is 2. The zero-order valence-corrected chi connectivity index (χ0v) is 17.4. The van der Waals surface area contributed by atoms with Gasteiger partial charge in [-0.05, 0) is 67.1 Å². The molecule has 0 saturated carbocycles. The lowest BCUT2D eigenvalue weighted by molar-refractivity contribution is -0.385. The number of hydrazone groups is 1. The van der Waals surface area contributed by atoms with Gasteiger partial charge in [-0.25, -0.2) is 9.82 Å². The minimum absolute atomic E-state index is 0.118. The average molecular weight is 450 g/mol. The first-order chi connectivity index (χ1) is 15.8. The summed E-state index contributed by atoms with van der Waals surface area (Å²) in [5.41, 5.74) is 3.85. The third-order valence-electron chi connectivity index (χ3n) is 4.43. The zero-order valence-electron chi connectivity index (χ0n) is 17.4. The van der Waals surface area contributed by atoms with Gasteiger partial charge in [0.05, 0.1) is 11.1 Å². The normalized spacial score (nSPS) is 10.6. The summed E-state index contributed by atoms with van der Waals surface area (Å²) in [5.74, 6) is -0.934. The highest BCUT2D eigenvalue weighted by atomic mass is 19.1. The molecular formula is C23H19FN4O5. The van der Waals surface area contributed by atoms with Crippen LogP contribution in [0.2, 0.25) is 0 Å². The Bertz CT molecular complexity index is 1190. The SMILES string of the molecule is Cc1ccc(C(=O)N/N=C\c2ccc(OCC(=O)Nc3ccc(F)cc3)cc2)cc1[N+](=O)[O-]. The van der Waals surface area contributed by atoms with Gasteiger partial charge in [-0.1, -0.05) is 6.07 Å². The van der Waals surface area contributed by atoms with Gasteiger partial charge in [0.25, 0.3) is 17.5 Å². The first-order valence-electron chi connectivity index (χ1n) is 9.68. The van der Waals surface area contributed by atoms with Gasteiger partial charge >= 0.3 is 0 Å². The Morgan fingerprint density at radius 2 is 1.79 bits per heavy atom. The van der Waals surface area contributed by atoms with Crippen molar-refractivity contribution in [1.82, 2.24) is 5.43 Å². The molecule has 168 valence electrons. The zero-order chi connectivity index (χ0) is 23.8. The number of rotatable bonds is 8. The number of aryl methyl sites for hydroxylation is 1. The molecule has 0 fully saturated rings. The van der Waals surface area contributed by atoms with E-state index in [1.807, 2.05) is 0 Å². The smallest absolute Gasteiger partial charge is 0.273 e. The molecule has 3 aromatic carbocycles. The summed E-state index contributed by atoms with van der Waals surface area (Å²) in [5, 5.41) is 17.4. The molecule has 0 spiro atoms. The van der Waals surface area contributed by atoms with E-state index in [2.05, 4.69) is 15.8 Å². The van der Waals surface area contributed by atoms with Crippen molar-refractivity contribution in [3.05, 3.63) is 99.4 Å². The molecule has 0 bridgehead atoms. The lowest BCUT2D eigenvalue weighted by Gasteiger charge is -2.07. The summed E-state index contributed by atoms with van der Waals surface area (Å²) < 4.78 is 18.3. The van der Waals surface area contributed by atoms with E-state index in [1.165, 1.54) is 48.7 Å². The summed E-state index contributed by atoms with van der Waals surface area (Å²) in [7, 11) is 0. The first kappa shape index (κ1) is 23.1. The summed E-state index contributed by atoms with van der Waals surface area (Å²) in [4.78, 5) is 34.5. The molecule has 2 amide bonds. The van der Waals surface area contributed by atoms with Crippen LogP contribution in [0.25, 0.3) is 0 Å². The van der Waals surface area contributed by atoms with Crippen molar-refractivity contribution < 1.29 is 23.6 Å². The maximum absolute atomic E-state index is 12.9. The molecule has 0 heterocycles. The predicted octanol–water partition coefficient (Wildman–Crippen LogP) is 3.82. The predicted molar refractivity (Wildman–Crippen MR) is 120 cm³/mol. The molecule has 10 heteroatoms. The van der Waals surface area contributed by atoms with E-state index in [0.717, 1.165) is 0 Å². The molecule has 2 N–H and O–H groups in total. The van der Waals surface area contributed by atoms with Crippen LogP contribution in [-0.2, 0) is 4.79 Å². The van der Waals surface area contributed by atoms with Gasteiger partial charge in [-0.3, -0.25) is 19.7 Å². The molecule has 0 radical (unpaired) electrons. The number of hydrogen-bond donors (Lipinski definition) is 2. The van der Waals surface area contributed by atoms with E-state index < -0.39 is 22.6 Å². The second kappa shape index (κ2) is 10.6. The molecule has 0 unspecified atom stereocenters. The Morgan fingerprint density at radius 3 is 2.45 bits per heavy atom. The van der Waals surface area contributed by atoms with Gasteiger partial charge in [-0.2, -0.15) is 5.10 Å². The van der Waals surface area contributed by atoms with Crippen molar-refractivity contribution in [2.24, 2.45) is 5.10 Å². The topological polar surface area (TPSA) is 123 Å². The number of nitro groups is 1. The molecule has 3 aromatic rings. The quantitative estimate of drug-likeness (QED) is 0.307. The highest BCUT2D eigenvalue weighted by Gasteiger charge is 2.14. The molecule has 9 nitrogen and oxygen atoms in total. The number of nitrogens with one attached hydrogen (secondary N) is 2. The van der Waals surface area contributed by atoms with Crippen molar-refractivity contribution in [1.29, 1.82) is 0 Å². The Morgan fingerprint density at radius 1 is 1.09 bits per heavy atom. The lowest BCUT2D eigenvalue weighted by Crippen LogP contribution is -2.20. The molecule has 3 rings (SSSR count).